The molecule has 140 valence electrons. The summed E-state index contributed by atoms with van der Waals surface area (Å²) in [5.74, 6) is 1.23. The molecule has 0 saturated carbocycles. The third-order valence-electron chi connectivity index (χ3n) is 5.74. The van der Waals surface area contributed by atoms with E-state index in [4.69, 9.17) is 4.42 Å². The van der Waals surface area contributed by atoms with Gasteiger partial charge < -0.3 is 9.32 Å². The normalized spacial score (nSPS) is 17.6. The van der Waals surface area contributed by atoms with E-state index in [-0.39, 0.29) is 5.78 Å². The summed E-state index contributed by atoms with van der Waals surface area (Å²) in [7, 11) is 0. The first kappa shape index (κ1) is 18.0. The lowest BCUT2D eigenvalue weighted by Gasteiger charge is -2.19. The van der Waals surface area contributed by atoms with Crippen LogP contribution in [0.1, 0.15) is 49.2 Å². The van der Waals surface area contributed by atoms with Gasteiger partial charge in [-0.1, -0.05) is 31.2 Å². The number of hydrogen-bond donors (Lipinski definition) is 0. The highest BCUT2D eigenvalue weighted by molar-refractivity contribution is 5.97. The fraction of sp³-hybridized carbons (Fsp3) is 0.375. The Morgan fingerprint density at radius 3 is 2.78 bits per heavy atom. The molecular weight excluding hydrogens is 334 g/mol. The summed E-state index contributed by atoms with van der Waals surface area (Å²) in [4.78, 5) is 14.5. The van der Waals surface area contributed by atoms with Gasteiger partial charge in [0.2, 0.25) is 0 Å². The second-order valence-corrected chi connectivity index (χ2v) is 7.60. The molecule has 1 atom stereocenters. The molecule has 1 aliphatic heterocycles. The number of Topliss-reactive ketones (excluding diaryl/α,β-unsaturated/α-hetero) is 1. The minimum absolute atomic E-state index is 0.180. The quantitative estimate of drug-likeness (QED) is 0.527. The number of benzene rings is 2. The molecule has 27 heavy (non-hydrogen) atoms. The number of fused-ring (bicyclic) bond motifs is 1. The van der Waals surface area contributed by atoms with Crippen LogP contribution in [0.15, 0.2) is 52.9 Å². The Morgan fingerprint density at radius 2 is 2.00 bits per heavy atom. The smallest absolute Gasteiger partial charge is 0.162 e. The minimum Gasteiger partial charge on any atom is -0.461 e. The van der Waals surface area contributed by atoms with Gasteiger partial charge in [-0.3, -0.25) is 4.79 Å². The van der Waals surface area contributed by atoms with E-state index in [0.717, 1.165) is 46.4 Å². The van der Waals surface area contributed by atoms with Gasteiger partial charge in [0.05, 0.1) is 0 Å². The van der Waals surface area contributed by atoms with Crippen LogP contribution in [-0.2, 0) is 6.42 Å². The van der Waals surface area contributed by atoms with Gasteiger partial charge in [-0.05, 0) is 61.7 Å². The maximum atomic E-state index is 12.0. The molecule has 0 unspecified atom stereocenters. The molecule has 3 nitrogen and oxygen atoms in total. The molecule has 1 saturated heterocycles. The second-order valence-electron chi connectivity index (χ2n) is 7.60. The maximum absolute atomic E-state index is 12.0. The summed E-state index contributed by atoms with van der Waals surface area (Å²) < 4.78 is 6.05. The van der Waals surface area contributed by atoms with Gasteiger partial charge in [0.25, 0.3) is 0 Å². The van der Waals surface area contributed by atoms with Crippen molar-refractivity contribution in [1.29, 1.82) is 0 Å². The van der Waals surface area contributed by atoms with Crippen molar-refractivity contribution in [3.63, 3.8) is 0 Å². The number of rotatable bonds is 6. The fourth-order valence-electron chi connectivity index (χ4n) is 4.06. The monoisotopic (exact) mass is 361 g/mol. The number of nitrogens with zero attached hydrogens (tertiary/aromatic N) is 1. The summed E-state index contributed by atoms with van der Waals surface area (Å²) in [5.41, 5.74) is 3.91. The number of ketones is 1. The zero-order chi connectivity index (χ0) is 18.8. The molecule has 4 rings (SSSR count). The maximum Gasteiger partial charge on any atom is 0.162 e. The van der Waals surface area contributed by atoms with Crippen LogP contribution >= 0.6 is 0 Å². The van der Waals surface area contributed by atoms with E-state index < -0.39 is 0 Å². The standard InChI is InChI=1S/C24H27NO2/c1-3-23(26)20-8-4-7-18(14-20)19-9-10-24-21(15-19)16-22(27-24)11-13-25-12-5-6-17(25)2/h4,7-10,14-17H,3,5-6,11-13H2,1-2H3/t17-/m1/s1. The van der Waals surface area contributed by atoms with Crippen molar-refractivity contribution in [3.05, 3.63) is 59.9 Å². The van der Waals surface area contributed by atoms with E-state index in [1.54, 1.807) is 0 Å². The van der Waals surface area contributed by atoms with E-state index in [9.17, 15) is 4.79 Å². The van der Waals surface area contributed by atoms with Crippen molar-refractivity contribution in [3.8, 4) is 11.1 Å². The van der Waals surface area contributed by atoms with E-state index >= 15 is 0 Å². The SMILES string of the molecule is CCC(=O)c1cccc(-c2ccc3oc(CCN4CCC[C@H]4C)cc3c2)c1. The van der Waals surface area contributed by atoms with Crippen LogP contribution < -0.4 is 0 Å². The molecule has 2 heterocycles. The zero-order valence-corrected chi connectivity index (χ0v) is 16.2. The molecule has 1 aromatic heterocycles. The predicted octanol–water partition coefficient (Wildman–Crippen LogP) is 5.72. The van der Waals surface area contributed by atoms with Crippen LogP contribution in [0.3, 0.4) is 0 Å². The van der Waals surface area contributed by atoms with E-state index in [1.807, 2.05) is 31.2 Å². The van der Waals surface area contributed by atoms with Gasteiger partial charge in [-0.2, -0.15) is 0 Å². The molecule has 3 aromatic rings. The van der Waals surface area contributed by atoms with E-state index in [0.29, 0.717) is 12.5 Å². The van der Waals surface area contributed by atoms with Crippen molar-refractivity contribution in [1.82, 2.24) is 4.90 Å². The Hall–Kier alpha value is -2.39. The first-order valence-corrected chi connectivity index (χ1v) is 10.0. The van der Waals surface area contributed by atoms with Crippen molar-refractivity contribution in [2.45, 2.75) is 45.6 Å². The molecular formula is C24H27NO2. The number of hydrogen-bond acceptors (Lipinski definition) is 3. The highest BCUT2D eigenvalue weighted by Gasteiger charge is 2.20. The molecule has 1 aliphatic rings. The lowest BCUT2D eigenvalue weighted by atomic mass is 9.99. The number of likely N-dealkylation sites (tertiary alicyclic amines) is 1. The summed E-state index contributed by atoms with van der Waals surface area (Å²) in [5, 5.41) is 1.13. The highest BCUT2D eigenvalue weighted by Crippen LogP contribution is 2.28. The summed E-state index contributed by atoms with van der Waals surface area (Å²) in [6, 6.07) is 17.0. The molecule has 2 aromatic carbocycles. The van der Waals surface area contributed by atoms with Gasteiger partial charge in [0.15, 0.2) is 5.78 Å². The van der Waals surface area contributed by atoms with Crippen LogP contribution in [-0.4, -0.2) is 29.8 Å². The number of furan rings is 1. The Bertz CT molecular complexity index is 956. The lowest BCUT2D eigenvalue weighted by Crippen LogP contribution is -2.28. The molecule has 0 amide bonds. The number of carbonyl (C=O) groups excluding carboxylic acids is 1. The van der Waals surface area contributed by atoms with Gasteiger partial charge in [0.1, 0.15) is 11.3 Å². The average molecular weight is 361 g/mol. The zero-order valence-electron chi connectivity index (χ0n) is 16.2. The van der Waals surface area contributed by atoms with Gasteiger partial charge >= 0.3 is 0 Å². The number of carbonyl (C=O) groups is 1. The van der Waals surface area contributed by atoms with Gasteiger partial charge in [0, 0.05) is 36.4 Å². The third-order valence-corrected chi connectivity index (χ3v) is 5.74. The molecule has 0 N–H and O–H groups in total. The molecule has 3 heteroatoms. The Balaban J connectivity index is 1.55. The Labute approximate surface area is 161 Å². The van der Waals surface area contributed by atoms with Crippen molar-refractivity contribution in [2.24, 2.45) is 0 Å². The second kappa shape index (κ2) is 7.69. The van der Waals surface area contributed by atoms with Crippen LogP contribution in [0.2, 0.25) is 0 Å². The largest absolute Gasteiger partial charge is 0.461 e. The van der Waals surface area contributed by atoms with Crippen molar-refractivity contribution >= 4 is 16.8 Å². The molecule has 0 aliphatic carbocycles. The molecule has 0 radical (unpaired) electrons. The first-order valence-electron chi connectivity index (χ1n) is 10.0. The third kappa shape index (κ3) is 3.84. The van der Waals surface area contributed by atoms with Crippen molar-refractivity contribution < 1.29 is 9.21 Å². The molecule has 0 spiro atoms. The fourth-order valence-corrected chi connectivity index (χ4v) is 4.06. The summed E-state index contributed by atoms with van der Waals surface area (Å²) in [6.45, 7) is 6.49. The van der Waals surface area contributed by atoms with Gasteiger partial charge in [-0.25, -0.2) is 0 Å². The highest BCUT2D eigenvalue weighted by atomic mass is 16.3. The Kier molecular flexibility index (Phi) is 5.13. The van der Waals surface area contributed by atoms with Gasteiger partial charge in [-0.15, -0.1) is 0 Å². The van der Waals surface area contributed by atoms with Crippen LogP contribution in [0.5, 0.6) is 0 Å². The van der Waals surface area contributed by atoms with Crippen LogP contribution in [0.4, 0.5) is 0 Å². The molecule has 1 fully saturated rings. The summed E-state index contributed by atoms with van der Waals surface area (Å²) >= 11 is 0. The first-order chi connectivity index (χ1) is 13.1. The predicted molar refractivity (Wildman–Crippen MR) is 110 cm³/mol. The topological polar surface area (TPSA) is 33.5 Å². The van der Waals surface area contributed by atoms with Crippen LogP contribution in [0.25, 0.3) is 22.1 Å². The Morgan fingerprint density at radius 1 is 1.15 bits per heavy atom. The van der Waals surface area contributed by atoms with E-state index in [1.165, 1.54) is 19.4 Å². The van der Waals surface area contributed by atoms with Crippen LogP contribution in [0, 0.1) is 0 Å². The van der Waals surface area contributed by atoms with Crippen molar-refractivity contribution in [2.75, 3.05) is 13.1 Å². The average Bonchev–Trinajstić information content (AvgIpc) is 3.30. The minimum atomic E-state index is 0.180. The van der Waals surface area contributed by atoms with E-state index in [2.05, 4.69) is 36.1 Å². The molecule has 0 bridgehead atoms. The summed E-state index contributed by atoms with van der Waals surface area (Å²) in [6.07, 6.45) is 4.10. The lowest BCUT2D eigenvalue weighted by molar-refractivity contribution is 0.0988.